The maximum atomic E-state index is 12.3. The van der Waals surface area contributed by atoms with Crippen LogP contribution < -0.4 is 10.1 Å². The van der Waals surface area contributed by atoms with E-state index in [-0.39, 0.29) is 5.91 Å². The number of nitrogens with one attached hydrogen (secondary N) is 1. The highest BCUT2D eigenvalue weighted by atomic mass is 32.1. The number of carbonyl (C=O) groups excluding carboxylic acids is 1. The number of nitrogens with zero attached hydrogens (tertiary/aromatic N) is 2. The Balaban J connectivity index is 1.35. The summed E-state index contributed by atoms with van der Waals surface area (Å²) in [7, 11) is 0. The van der Waals surface area contributed by atoms with Gasteiger partial charge in [-0.2, -0.15) is 0 Å². The number of carbonyl (C=O) groups is 1. The van der Waals surface area contributed by atoms with Crippen LogP contribution in [-0.4, -0.2) is 22.2 Å². The molecule has 1 aromatic heterocycles. The van der Waals surface area contributed by atoms with Crippen LogP contribution in [0.3, 0.4) is 0 Å². The molecule has 0 bridgehead atoms. The van der Waals surface area contributed by atoms with Crippen LogP contribution in [0.1, 0.15) is 30.7 Å². The first-order valence-corrected chi connectivity index (χ1v) is 9.47. The molecule has 0 radical (unpaired) electrons. The van der Waals surface area contributed by atoms with Gasteiger partial charge in [0.1, 0.15) is 10.8 Å². The molecule has 1 N–H and O–H groups in total. The van der Waals surface area contributed by atoms with Crippen LogP contribution in [0.25, 0.3) is 11.1 Å². The average Bonchev–Trinajstić information content (AvgIpc) is 3.42. The Kier molecular flexibility index (Phi) is 4.67. The predicted octanol–water partition coefficient (Wildman–Crippen LogP) is 4.49. The number of anilines is 1. The Hall–Kier alpha value is -2.73. The predicted molar refractivity (Wildman–Crippen MR) is 102 cm³/mol. The maximum absolute atomic E-state index is 12.3. The summed E-state index contributed by atoms with van der Waals surface area (Å²) in [5.74, 6) is 0.967. The van der Waals surface area contributed by atoms with E-state index in [1.165, 1.54) is 24.2 Å². The number of hydrogen-bond acceptors (Lipinski definition) is 5. The topological polar surface area (TPSA) is 64.1 Å². The lowest BCUT2D eigenvalue weighted by Crippen LogP contribution is -2.30. The van der Waals surface area contributed by atoms with Crippen LogP contribution in [0.5, 0.6) is 5.75 Å². The molecule has 1 atom stereocenters. The van der Waals surface area contributed by atoms with Gasteiger partial charge in [-0.3, -0.25) is 10.1 Å². The number of rotatable bonds is 6. The Morgan fingerprint density at radius 2 is 1.77 bits per heavy atom. The van der Waals surface area contributed by atoms with E-state index in [1.54, 1.807) is 6.92 Å². The summed E-state index contributed by atoms with van der Waals surface area (Å²) in [6.07, 6.45) is 1.72. The second-order valence-corrected chi connectivity index (χ2v) is 7.37. The van der Waals surface area contributed by atoms with Gasteiger partial charge in [0.2, 0.25) is 5.13 Å². The number of aromatic nitrogens is 2. The third kappa shape index (κ3) is 3.91. The molecule has 1 fully saturated rings. The molecule has 26 heavy (non-hydrogen) atoms. The molecule has 132 valence electrons. The van der Waals surface area contributed by atoms with E-state index in [1.807, 2.05) is 42.5 Å². The minimum Gasteiger partial charge on any atom is -0.481 e. The van der Waals surface area contributed by atoms with E-state index in [4.69, 9.17) is 4.74 Å². The largest absolute Gasteiger partial charge is 0.481 e. The van der Waals surface area contributed by atoms with Crippen molar-refractivity contribution in [3.8, 4) is 16.9 Å². The summed E-state index contributed by atoms with van der Waals surface area (Å²) < 4.78 is 5.75. The van der Waals surface area contributed by atoms with Crippen molar-refractivity contribution in [1.29, 1.82) is 0 Å². The summed E-state index contributed by atoms with van der Waals surface area (Å²) in [5.41, 5.74) is 2.25. The normalized spacial score (nSPS) is 14.7. The zero-order chi connectivity index (χ0) is 17.9. The first-order chi connectivity index (χ1) is 12.7. The highest BCUT2D eigenvalue weighted by Gasteiger charge is 2.28. The molecule has 1 saturated carbocycles. The molecule has 6 heteroatoms. The fourth-order valence-corrected chi connectivity index (χ4v) is 3.52. The van der Waals surface area contributed by atoms with Crippen molar-refractivity contribution in [1.82, 2.24) is 10.2 Å². The summed E-state index contributed by atoms with van der Waals surface area (Å²) in [6, 6.07) is 17.9. The van der Waals surface area contributed by atoms with Crippen LogP contribution in [0, 0.1) is 0 Å². The summed E-state index contributed by atoms with van der Waals surface area (Å²) >= 11 is 1.45. The van der Waals surface area contributed by atoms with Gasteiger partial charge in [0.15, 0.2) is 6.10 Å². The van der Waals surface area contributed by atoms with Crippen molar-refractivity contribution in [2.45, 2.75) is 31.8 Å². The van der Waals surface area contributed by atoms with Crippen LogP contribution in [0.4, 0.5) is 5.13 Å². The molecule has 1 amide bonds. The van der Waals surface area contributed by atoms with E-state index >= 15 is 0 Å². The molecular weight excluding hydrogens is 346 g/mol. The highest BCUT2D eigenvalue weighted by Crippen LogP contribution is 2.42. The standard InChI is InChI=1S/C20H19N3O2S/c1-13(18(24)21-20-23-22-19(26-20)16-7-8-16)25-17-11-9-15(10-12-17)14-5-3-2-4-6-14/h2-6,9-13,16H,7-8H2,1H3,(H,21,23,24). The minimum absolute atomic E-state index is 0.226. The Labute approximate surface area is 156 Å². The highest BCUT2D eigenvalue weighted by molar-refractivity contribution is 7.15. The average molecular weight is 365 g/mol. The van der Waals surface area contributed by atoms with Crippen molar-refractivity contribution in [2.24, 2.45) is 0 Å². The van der Waals surface area contributed by atoms with Crippen molar-refractivity contribution in [3.05, 3.63) is 59.6 Å². The van der Waals surface area contributed by atoms with E-state index in [2.05, 4.69) is 27.6 Å². The number of ether oxygens (including phenoxy) is 1. The van der Waals surface area contributed by atoms with Crippen LogP contribution in [0.2, 0.25) is 0 Å². The molecule has 0 saturated heterocycles. The summed E-state index contributed by atoms with van der Waals surface area (Å²) in [4.78, 5) is 12.3. The van der Waals surface area contributed by atoms with E-state index in [9.17, 15) is 4.79 Å². The molecule has 1 heterocycles. The fraction of sp³-hybridized carbons (Fsp3) is 0.250. The lowest BCUT2D eigenvalue weighted by atomic mass is 10.1. The lowest BCUT2D eigenvalue weighted by Gasteiger charge is -2.14. The third-order valence-electron chi connectivity index (χ3n) is 4.24. The molecule has 2 aromatic carbocycles. The third-order valence-corrected chi connectivity index (χ3v) is 5.24. The van der Waals surface area contributed by atoms with Crippen molar-refractivity contribution in [2.75, 3.05) is 5.32 Å². The van der Waals surface area contributed by atoms with Crippen LogP contribution >= 0.6 is 11.3 Å². The molecule has 3 aromatic rings. The Morgan fingerprint density at radius 1 is 1.08 bits per heavy atom. The van der Waals surface area contributed by atoms with Gasteiger partial charge in [-0.05, 0) is 43.0 Å². The molecule has 5 nitrogen and oxygen atoms in total. The number of amides is 1. The van der Waals surface area contributed by atoms with Gasteiger partial charge in [-0.25, -0.2) is 0 Å². The minimum atomic E-state index is -0.620. The zero-order valence-electron chi connectivity index (χ0n) is 14.4. The molecule has 0 spiro atoms. The summed E-state index contributed by atoms with van der Waals surface area (Å²) in [6.45, 7) is 1.73. The zero-order valence-corrected chi connectivity index (χ0v) is 15.2. The number of benzene rings is 2. The van der Waals surface area contributed by atoms with Crippen molar-refractivity contribution in [3.63, 3.8) is 0 Å². The monoisotopic (exact) mass is 365 g/mol. The first-order valence-electron chi connectivity index (χ1n) is 8.65. The Morgan fingerprint density at radius 3 is 2.46 bits per heavy atom. The van der Waals surface area contributed by atoms with E-state index in [0.717, 1.165) is 16.1 Å². The second kappa shape index (κ2) is 7.25. The molecule has 4 rings (SSSR count). The molecular formula is C20H19N3O2S. The fourth-order valence-electron chi connectivity index (χ4n) is 2.60. The van der Waals surface area contributed by atoms with Crippen molar-refractivity contribution >= 4 is 22.4 Å². The maximum Gasteiger partial charge on any atom is 0.266 e. The lowest BCUT2D eigenvalue weighted by molar-refractivity contribution is -0.122. The Bertz CT molecular complexity index is 889. The van der Waals surface area contributed by atoms with Gasteiger partial charge in [0.25, 0.3) is 5.91 Å². The first kappa shape index (κ1) is 16.7. The SMILES string of the molecule is CC(Oc1ccc(-c2ccccc2)cc1)C(=O)Nc1nnc(C2CC2)s1. The summed E-state index contributed by atoms with van der Waals surface area (Å²) in [5, 5.41) is 12.5. The van der Waals surface area contributed by atoms with Gasteiger partial charge in [0.05, 0.1) is 0 Å². The second-order valence-electron chi connectivity index (χ2n) is 6.36. The number of hydrogen-bond donors (Lipinski definition) is 1. The van der Waals surface area contributed by atoms with Crippen molar-refractivity contribution < 1.29 is 9.53 Å². The van der Waals surface area contributed by atoms with Gasteiger partial charge >= 0.3 is 0 Å². The molecule has 1 aliphatic carbocycles. The molecule has 1 unspecified atom stereocenters. The van der Waals surface area contributed by atoms with Gasteiger partial charge in [0, 0.05) is 5.92 Å². The van der Waals surface area contributed by atoms with Gasteiger partial charge < -0.3 is 4.74 Å². The quantitative estimate of drug-likeness (QED) is 0.699. The van der Waals surface area contributed by atoms with Crippen LogP contribution in [-0.2, 0) is 4.79 Å². The van der Waals surface area contributed by atoms with E-state index in [0.29, 0.717) is 16.8 Å². The van der Waals surface area contributed by atoms with Gasteiger partial charge in [-0.1, -0.05) is 53.8 Å². The van der Waals surface area contributed by atoms with E-state index < -0.39 is 6.10 Å². The van der Waals surface area contributed by atoms with Crippen LogP contribution in [0.15, 0.2) is 54.6 Å². The smallest absolute Gasteiger partial charge is 0.266 e. The van der Waals surface area contributed by atoms with Gasteiger partial charge in [-0.15, -0.1) is 10.2 Å². The molecule has 1 aliphatic rings. The molecule has 0 aliphatic heterocycles.